The Labute approximate surface area is 96.3 Å². The number of nitrogens with one attached hydrogen (secondary N) is 1. The minimum Gasteiger partial charge on any atom is -0.396 e. The average Bonchev–Trinajstić information content (AvgIpc) is 2.34. The normalized spacial score (nSPS) is 10.8. The topological polar surface area (TPSA) is 74.4 Å². The molecule has 0 saturated carbocycles. The molecule has 0 atom stereocenters. The molecule has 0 saturated heterocycles. The van der Waals surface area contributed by atoms with Crippen molar-refractivity contribution in [2.24, 2.45) is 5.84 Å². The fraction of sp³-hybridized carbons (Fsp3) is 0.545. The van der Waals surface area contributed by atoms with Crippen LogP contribution in [0.2, 0.25) is 0 Å². The summed E-state index contributed by atoms with van der Waals surface area (Å²) in [5, 5.41) is 8.81. The monoisotopic (exact) mass is 224 g/mol. The van der Waals surface area contributed by atoms with E-state index in [2.05, 4.69) is 22.2 Å². The molecule has 1 aromatic heterocycles. The van der Waals surface area contributed by atoms with Gasteiger partial charge in [0, 0.05) is 31.5 Å². The molecule has 1 aromatic rings. The van der Waals surface area contributed by atoms with Crippen molar-refractivity contribution in [2.75, 3.05) is 25.1 Å². The Hall–Kier alpha value is -1.17. The van der Waals surface area contributed by atoms with Crippen molar-refractivity contribution >= 4 is 5.82 Å². The first-order chi connectivity index (χ1) is 7.81. The number of hydrazine groups is 1. The zero-order chi connectivity index (χ0) is 11.8. The highest BCUT2D eigenvalue weighted by Gasteiger charge is 2.07. The summed E-state index contributed by atoms with van der Waals surface area (Å²) in [6, 6.07) is 3.90. The molecule has 1 rings (SSSR count). The van der Waals surface area contributed by atoms with Crippen molar-refractivity contribution in [3.05, 3.63) is 23.9 Å². The molecule has 0 unspecified atom stereocenters. The lowest BCUT2D eigenvalue weighted by atomic mass is 10.2. The van der Waals surface area contributed by atoms with Crippen LogP contribution in [0.1, 0.15) is 18.9 Å². The SMILES string of the molecule is CCN(CCCO)Cc1cccnc1NN. The average molecular weight is 224 g/mol. The number of hydrogen-bond acceptors (Lipinski definition) is 5. The molecular formula is C11H20N4O. The highest BCUT2D eigenvalue weighted by molar-refractivity contribution is 5.42. The van der Waals surface area contributed by atoms with Crippen LogP contribution < -0.4 is 11.3 Å². The zero-order valence-corrected chi connectivity index (χ0v) is 9.69. The van der Waals surface area contributed by atoms with E-state index in [1.165, 1.54) is 0 Å². The number of aliphatic hydroxyl groups excluding tert-OH is 1. The van der Waals surface area contributed by atoms with E-state index in [9.17, 15) is 0 Å². The molecule has 0 aliphatic carbocycles. The van der Waals surface area contributed by atoms with Crippen LogP contribution in [0, 0.1) is 0 Å². The molecule has 0 radical (unpaired) electrons. The van der Waals surface area contributed by atoms with Gasteiger partial charge < -0.3 is 10.5 Å². The number of nitrogens with zero attached hydrogens (tertiary/aromatic N) is 2. The van der Waals surface area contributed by atoms with E-state index >= 15 is 0 Å². The third-order valence-electron chi connectivity index (χ3n) is 2.50. The van der Waals surface area contributed by atoms with E-state index in [-0.39, 0.29) is 6.61 Å². The smallest absolute Gasteiger partial charge is 0.144 e. The fourth-order valence-corrected chi connectivity index (χ4v) is 1.58. The standard InChI is InChI=1S/C11H20N4O/c1-2-15(7-4-8-16)9-10-5-3-6-13-11(10)14-12/h3,5-6,16H,2,4,7-9,12H2,1H3,(H,13,14). The Bertz CT molecular complexity index is 306. The van der Waals surface area contributed by atoms with Gasteiger partial charge in [-0.3, -0.25) is 4.90 Å². The number of hydrogen-bond donors (Lipinski definition) is 3. The maximum atomic E-state index is 8.81. The van der Waals surface area contributed by atoms with E-state index in [4.69, 9.17) is 10.9 Å². The Balaban J connectivity index is 2.62. The minimum atomic E-state index is 0.228. The largest absolute Gasteiger partial charge is 0.396 e. The lowest BCUT2D eigenvalue weighted by Gasteiger charge is -2.20. The first kappa shape index (κ1) is 12.9. The summed E-state index contributed by atoms with van der Waals surface area (Å²) < 4.78 is 0. The van der Waals surface area contributed by atoms with Crippen LogP contribution >= 0.6 is 0 Å². The van der Waals surface area contributed by atoms with Gasteiger partial charge in [-0.1, -0.05) is 13.0 Å². The second-order valence-corrected chi connectivity index (χ2v) is 3.60. The van der Waals surface area contributed by atoms with Crippen LogP contribution in [0.25, 0.3) is 0 Å². The third-order valence-corrected chi connectivity index (χ3v) is 2.50. The zero-order valence-electron chi connectivity index (χ0n) is 9.69. The van der Waals surface area contributed by atoms with E-state index in [0.29, 0.717) is 5.82 Å². The van der Waals surface area contributed by atoms with Gasteiger partial charge in [-0.05, 0) is 19.0 Å². The molecule has 5 heteroatoms. The number of aliphatic hydroxyl groups is 1. The van der Waals surface area contributed by atoms with E-state index < -0.39 is 0 Å². The van der Waals surface area contributed by atoms with Gasteiger partial charge in [-0.2, -0.15) is 0 Å². The molecule has 1 heterocycles. The van der Waals surface area contributed by atoms with Crippen LogP contribution in [0.15, 0.2) is 18.3 Å². The molecule has 0 spiro atoms. The number of rotatable bonds is 7. The number of pyridine rings is 1. The first-order valence-corrected chi connectivity index (χ1v) is 5.55. The Kier molecular flexibility index (Phi) is 5.77. The molecule has 16 heavy (non-hydrogen) atoms. The number of nitrogen functional groups attached to an aromatic ring is 1. The van der Waals surface area contributed by atoms with Crippen molar-refractivity contribution in [2.45, 2.75) is 19.9 Å². The molecule has 0 aromatic carbocycles. The van der Waals surface area contributed by atoms with E-state index in [1.54, 1.807) is 6.20 Å². The molecule has 0 aliphatic heterocycles. The highest BCUT2D eigenvalue weighted by atomic mass is 16.3. The summed E-state index contributed by atoms with van der Waals surface area (Å²) in [5.41, 5.74) is 3.67. The van der Waals surface area contributed by atoms with Gasteiger partial charge in [0.1, 0.15) is 5.82 Å². The molecule has 0 fully saturated rings. The number of aromatic nitrogens is 1. The quantitative estimate of drug-likeness (QED) is 0.466. The van der Waals surface area contributed by atoms with Gasteiger partial charge >= 0.3 is 0 Å². The Morgan fingerprint density at radius 3 is 3.00 bits per heavy atom. The summed E-state index contributed by atoms with van der Waals surface area (Å²) >= 11 is 0. The number of nitrogens with two attached hydrogens (primary N) is 1. The predicted octanol–water partition coefficient (Wildman–Crippen LogP) is 0.572. The lowest BCUT2D eigenvalue weighted by molar-refractivity contribution is 0.225. The van der Waals surface area contributed by atoms with Crippen molar-refractivity contribution in [3.8, 4) is 0 Å². The molecule has 0 bridgehead atoms. The van der Waals surface area contributed by atoms with Crippen LogP contribution in [0.3, 0.4) is 0 Å². The van der Waals surface area contributed by atoms with Crippen LogP contribution in [-0.4, -0.2) is 34.7 Å². The lowest BCUT2D eigenvalue weighted by Crippen LogP contribution is -2.25. The van der Waals surface area contributed by atoms with Crippen LogP contribution in [-0.2, 0) is 6.54 Å². The highest BCUT2D eigenvalue weighted by Crippen LogP contribution is 2.12. The summed E-state index contributed by atoms with van der Waals surface area (Å²) in [5.74, 6) is 6.11. The van der Waals surface area contributed by atoms with Gasteiger partial charge in [0.2, 0.25) is 0 Å². The van der Waals surface area contributed by atoms with Crippen molar-refractivity contribution < 1.29 is 5.11 Å². The van der Waals surface area contributed by atoms with E-state index in [1.807, 2.05) is 12.1 Å². The van der Waals surface area contributed by atoms with Gasteiger partial charge in [-0.25, -0.2) is 10.8 Å². The minimum absolute atomic E-state index is 0.228. The van der Waals surface area contributed by atoms with Crippen molar-refractivity contribution in [3.63, 3.8) is 0 Å². The molecule has 0 amide bonds. The number of anilines is 1. The van der Waals surface area contributed by atoms with Crippen LogP contribution in [0.4, 0.5) is 5.82 Å². The van der Waals surface area contributed by atoms with Gasteiger partial charge in [-0.15, -0.1) is 0 Å². The maximum Gasteiger partial charge on any atom is 0.144 e. The summed E-state index contributed by atoms with van der Waals surface area (Å²) in [7, 11) is 0. The molecule has 4 N–H and O–H groups in total. The fourth-order valence-electron chi connectivity index (χ4n) is 1.58. The predicted molar refractivity (Wildman–Crippen MR) is 64.7 cm³/mol. The second-order valence-electron chi connectivity index (χ2n) is 3.60. The Morgan fingerprint density at radius 2 is 2.38 bits per heavy atom. The van der Waals surface area contributed by atoms with Crippen molar-refractivity contribution in [1.82, 2.24) is 9.88 Å². The summed E-state index contributed by atoms with van der Waals surface area (Å²) in [6.07, 6.45) is 2.50. The molecule has 90 valence electrons. The van der Waals surface area contributed by atoms with Gasteiger partial charge in [0.15, 0.2) is 0 Å². The third kappa shape index (κ3) is 3.77. The molecular weight excluding hydrogens is 204 g/mol. The first-order valence-electron chi connectivity index (χ1n) is 5.55. The molecule has 0 aliphatic rings. The second kappa shape index (κ2) is 7.16. The Morgan fingerprint density at radius 1 is 1.56 bits per heavy atom. The van der Waals surface area contributed by atoms with Gasteiger partial charge in [0.05, 0.1) is 0 Å². The summed E-state index contributed by atoms with van der Waals surface area (Å²) in [6.45, 7) is 4.95. The molecule has 5 nitrogen and oxygen atoms in total. The van der Waals surface area contributed by atoms with Gasteiger partial charge in [0.25, 0.3) is 0 Å². The summed E-state index contributed by atoms with van der Waals surface area (Å²) in [4.78, 5) is 6.40. The van der Waals surface area contributed by atoms with Crippen LogP contribution in [0.5, 0.6) is 0 Å². The van der Waals surface area contributed by atoms with E-state index in [0.717, 1.165) is 31.6 Å². The maximum absolute atomic E-state index is 8.81. The van der Waals surface area contributed by atoms with Crippen molar-refractivity contribution in [1.29, 1.82) is 0 Å².